The van der Waals surface area contributed by atoms with Crippen LogP contribution in [-0.4, -0.2) is 54.1 Å². The molecule has 0 spiro atoms. The molecule has 0 aliphatic rings. The number of pyridine rings is 1. The van der Waals surface area contributed by atoms with Crippen LogP contribution in [0.2, 0.25) is 0 Å². The standard InChI is InChI=1S/C20H37N5.HI/c1-7-22-20(23-11-8-14-25(16(2)3)17(4)5)24-13-10-19-9-12-21-15-18(19)6;/h9,12,15-17H,7-8,10-11,13-14H2,1-6H3,(H2,22,23,24);1H. The number of hydrogen-bond acceptors (Lipinski definition) is 3. The highest BCUT2D eigenvalue weighted by Crippen LogP contribution is 2.06. The maximum Gasteiger partial charge on any atom is 0.191 e. The number of aliphatic imine (C=N–C) groups is 1. The van der Waals surface area contributed by atoms with E-state index in [2.05, 4.69) is 68.1 Å². The molecule has 0 fully saturated rings. The van der Waals surface area contributed by atoms with Crippen molar-refractivity contribution in [3.63, 3.8) is 0 Å². The second-order valence-electron chi connectivity index (χ2n) is 7.02. The van der Waals surface area contributed by atoms with Gasteiger partial charge in [0, 0.05) is 50.7 Å². The third-order valence-electron chi connectivity index (χ3n) is 4.34. The number of rotatable bonds is 10. The molecule has 1 aromatic rings. The minimum Gasteiger partial charge on any atom is -0.357 e. The third kappa shape index (κ3) is 9.71. The number of hydrogen-bond donors (Lipinski definition) is 2. The first-order valence-electron chi connectivity index (χ1n) is 9.63. The molecule has 26 heavy (non-hydrogen) atoms. The van der Waals surface area contributed by atoms with Gasteiger partial charge in [-0.1, -0.05) is 0 Å². The molecule has 0 atom stereocenters. The molecular formula is C20H38IN5. The molecule has 0 amide bonds. The zero-order valence-corrected chi connectivity index (χ0v) is 19.7. The summed E-state index contributed by atoms with van der Waals surface area (Å²) < 4.78 is 0. The van der Waals surface area contributed by atoms with Crippen molar-refractivity contribution < 1.29 is 0 Å². The van der Waals surface area contributed by atoms with Crippen molar-refractivity contribution in [2.75, 3.05) is 26.2 Å². The molecule has 0 aliphatic heterocycles. The summed E-state index contributed by atoms with van der Waals surface area (Å²) in [5.41, 5.74) is 2.58. The first-order chi connectivity index (χ1) is 12.0. The van der Waals surface area contributed by atoms with Gasteiger partial charge in [0.05, 0.1) is 0 Å². The van der Waals surface area contributed by atoms with E-state index in [-0.39, 0.29) is 24.0 Å². The quantitative estimate of drug-likeness (QED) is 0.235. The summed E-state index contributed by atoms with van der Waals surface area (Å²) in [6.07, 6.45) is 5.84. The minimum atomic E-state index is 0. The Morgan fingerprint density at radius 1 is 1.19 bits per heavy atom. The summed E-state index contributed by atoms with van der Waals surface area (Å²) in [6, 6.07) is 3.26. The summed E-state index contributed by atoms with van der Waals surface area (Å²) in [4.78, 5) is 11.4. The van der Waals surface area contributed by atoms with Gasteiger partial charge in [0.25, 0.3) is 0 Å². The van der Waals surface area contributed by atoms with Crippen molar-refractivity contribution in [3.8, 4) is 0 Å². The topological polar surface area (TPSA) is 52.6 Å². The number of halogens is 1. The van der Waals surface area contributed by atoms with Gasteiger partial charge in [-0.15, -0.1) is 24.0 Å². The maximum atomic E-state index is 4.71. The number of guanidine groups is 1. The van der Waals surface area contributed by atoms with E-state index in [1.54, 1.807) is 0 Å². The SMILES string of the molecule is CCNC(=NCCCN(C(C)C)C(C)C)NCCc1ccncc1C.I. The molecule has 1 rings (SSSR count). The Morgan fingerprint density at radius 2 is 1.88 bits per heavy atom. The van der Waals surface area contributed by atoms with Crippen molar-refractivity contribution in [1.29, 1.82) is 0 Å². The molecule has 0 aliphatic carbocycles. The third-order valence-corrected chi connectivity index (χ3v) is 4.34. The molecular weight excluding hydrogens is 437 g/mol. The second kappa shape index (κ2) is 14.2. The van der Waals surface area contributed by atoms with Crippen LogP contribution >= 0.6 is 24.0 Å². The zero-order valence-electron chi connectivity index (χ0n) is 17.4. The number of nitrogens with zero attached hydrogens (tertiary/aromatic N) is 3. The molecule has 0 saturated heterocycles. The largest absolute Gasteiger partial charge is 0.357 e. The van der Waals surface area contributed by atoms with Crippen LogP contribution in [0.3, 0.4) is 0 Å². The predicted octanol–water partition coefficient (Wildman–Crippen LogP) is 3.61. The van der Waals surface area contributed by atoms with Gasteiger partial charge in [-0.05, 0) is 71.6 Å². The minimum absolute atomic E-state index is 0. The summed E-state index contributed by atoms with van der Waals surface area (Å²) >= 11 is 0. The summed E-state index contributed by atoms with van der Waals surface area (Å²) in [5.74, 6) is 0.912. The van der Waals surface area contributed by atoms with Crippen LogP contribution in [-0.2, 0) is 6.42 Å². The molecule has 0 radical (unpaired) electrons. The molecule has 6 heteroatoms. The van der Waals surface area contributed by atoms with Gasteiger partial charge in [0.15, 0.2) is 5.96 Å². The van der Waals surface area contributed by atoms with Crippen LogP contribution < -0.4 is 10.6 Å². The van der Waals surface area contributed by atoms with Gasteiger partial charge in [-0.25, -0.2) is 0 Å². The molecule has 2 N–H and O–H groups in total. The second-order valence-corrected chi connectivity index (χ2v) is 7.02. The van der Waals surface area contributed by atoms with Crippen LogP contribution in [0.5, 0.6) is 0 Å². The average Bonchev–Trinajstić information content (AvgIpc) is 2.55. The fourth-order valence-corrected chi connectivity index (χ4v) is 3.00. The number of aryl methyl sites for hydroxylation is 1. The lowest BCUT2D eigenvalue weighted by Crippen LogP contribution is -2.39. The van der Waals surface area contributed by atoms with Crippen LogP contribution in [0.25, 0.3) is 0 Å². The highest BCUT2D eigenvalue weighted by molar-refractivity contribution is 14.0. The van der Waals surface area contributed by atoms with Crippen molar-refractivity contribution in [2.24, 2.45) is 4.99 Å². The lowest BCUT2D eigenvalue weighted by atomic mass is 10.1. The van der Waals surface area contributed by atoms with Gasteiger partial charge in [0.2, 0.25) is 0 Å². The Labute approximate surface area is 177 Å². The maximum absolute atomic E-state index is 4.71. The Balaban J connectivity index is 0.00000625. The average molecular weight is 475 g/mol. The summed E-state index contributed by atoms with van der Waals surface area (Å²) in [5, 5.41) is 6.76. The van der Waals surface area contributed by atoms with Gasteiger partial charge in [-0.3, -0.25) is 14.9 Å². The first-order valence-corrected chi connectivity index (χ1v) is 9.63. The molecule has 0 bridgehead atoms. The van der Waals surface area contributed by atoms with Crippen LogP contribution in [0.4, 0.5) is 0 Å². The Hall–Kier alpha value is -0.890. The van der Waals surface area contributed by atoms with Crippen LogP contribution in [0.1, 0.15) is 52.2 Å². The van der Waals surface area contributed by atoms with Crippen molar-refractivity contribution >= 4 is 29.9 Å². The van der Waals surface area contributed by atoms with Gasteiger partial charge in [0.1, 0.15) is 0 Å². The van der Waals surface area contributed by atoms with E-state index in [0.717, 1.165) is 45.0 Å². The Kier molecular flexibility index (Phi) is 13.7. The van der Waals surface area contributed by atoms with E-state index >= 15 is 0 Å². The van der Waals surface area contributed by atoms with E-state index < -0.39 is 0 Å². The van der Waals surface area contributed by atoms with Crippen LogP contribution in [0.15, 0.2) is 23.5 Å². The van der Waals surface area contributed by atoms with E-state index in [9.17, 15) is 0 Å². The van der Waals surface area contributed by atoms with E-state index in [0.29, 0.717) is 12.1 Å². The van der Waals surface area contributed by atoms with Gasteiger partial charge >= 0.3 is 0 Å². The highest BCUT2D eigenvalue weighted by Gasteiger charge is 2.12. The molecule has 150 valence electrons. The predicted molar refractivity (Wildman–Crippen MR) is 124 cm³/mol. The highest BCUT2D eigenvalue weighted by atomic mass is 127. The number of nitrogens with one attached hydrogen (secondary N) is 2. The molecule has 0 aromatic carbocycles. The van der Waals surface area contributed by atoms with E-state index in [1.165, 1.54) is 11.1 Å². The summed E-state index contributed by atoms with van der Waals surface area (Å²) in [6.45, 7) is 16.9. The fraction of sp³-hybridized carbons (Fsp3) is 0.700. The van der Waals surface area contributed by atoms with Crippen molar-refractivity contribution in [2.45, 2.75) is 66.5 Å². The lowest BCUT2D eigenvalue weighted by molar-refractivity contribution is 0.174. The molecule has 1 heterocycles. The lowest BCUT2D eigenvalue weighted by Gasteiger charge is -2.30. The Bertz CT molecular complexity index is 509. The van der Waals surface area contributed by atoms with Crippen molar-refractivity contribution in [1.82, 2.24) is 20.5 Å². The van der Waals surface area contributed by atoms with Gasteiger partial charge < -0.3 is 10.6 Å². The molecule has 5 nitrogen and oxygen atoms in total. The smallest absolute Gasteiger partial charge is 0.191 e. The monoisotopic (exact) mass is 475 g/mol. The normalized spacial score (nSPS) is 11.8. The van der Waals surface area contributed by atoms with Crippen molar-refractivity contribution in [3.05, 3.63) is 29.6 Å². The van der Waals surface area contributed by atoms with E-state index in [4.69, 9.17) is 4.99 Å². The van der Waals surface area contributed by atoms with Crippen LogP contribution in [0, 0.1) is 6.92 Å². The molecule has 0 unspecified atom stereocenters. The van der Waals surface area contributed by atoms with Gasteiger partial charge in [-0.2, -0.15) is 0 Å². The first kappa shape index (κ1) is 25.1. The summed E-state index contributed by atoms with van der Waals surface area (Å²) in [7, 11) is 0. The molecule has 0 saturated carbocycles. The number of aromatic nitrogens is 1. The zero-order chi connectivity index (χ0) is 18.7. The van der Waals surface area contributed by atoms with E-state index in [1.807, 2.05) is 12.4 Å². The molecule has 1 aromatic heterocycles. The Morgan fingerprint density at radius 3 is 2.46 bits per heavy atom. The fourth-order valence-electron chi connectivity index (χ4n) is 3.00.